The van der Waals surface area contributed by atoms with Crippen LogP contribution in [0.15, 0.2) is 18.3 Å². The second-order valence-corrected chi connectivity index (χ2v) is 4.45. The molecule has 1 aromatic heterocycles. The zero-order valence-electron chi connectivity index (χ0n) is 9.55. The van der Waals surface area contributed by atoms with Crippen LogP contribution in [-0.4, -0.2) is 39.5 Å². The van der Waals surface area contributed by atoms with Crippen molar-refractivity contribution >= 4 is 24.0 Å². The van der Waals surface area contributed by atoms with Gasteiger partial charge >= 0.3 is 0 Å². The number of carbonyl (C=O) groups is 2. The van der Waals surface area contributed by atoms with Crippen molar-refractivity contribution in [1.82, 2.24) is 15.4 Å². The molecule has 0 aliphatic carbocycles. The lowest BCUT2D eigenvalue weighted by Gasteiger charge is -2.22. The SMILES string of the molecule is O=C(NO)[C@@H]1CCCN1C(=O)c1ccc[nH]c1=S. The van der Waals surface area contributed by atoms with Crippen LogP contribution in [0.5, 0.6) is 0 Å². The van der Waals surface area contributed by atoms with Crippen LogP contribution in [0.1, 0.15) is 23.2 Å². The molecule has 0 aromatic carbocycles. The molecule has 0 unspecified atom stereocenters. The number of carbonyl (C=O) groups excluding carboxylic acids is 2. The molecule has 6 nitrogen and oxygen atoms in total. The van der Waals surface area contributed by atoms with Gasteiger partial charge in [0.15, 0.2) is 0 Å². The van der Waals surface area contributed by atoms with Gasteiger partial charge in [-0.3, -0.25) is 14.8 Å². The Morgan fingerprint density at radius 3 is 3.00 bits per heavy atom. The molecule has 1 aliphatic rings. The van der Waals surface area contributed by atoms with Crippen LogP contribution < -0.4 is 5.48 Å². The van der Waals surface area contributed by atoms with E-state index in [0.717, 1.165) is 6.42 Å². The highest BCUT2D eigenvalue weighted by molar-refractivity contribution is 7.71. The van der Waals surface area contributed by atoms with Gasteiger partial charge in [-0.2, -0.15) is 0 Å². The van der Waals surface area contributed by atoms with E-state index in [1.165, 1.54) is 4.90 Å². The minimum atomic E-state index is -0.628. The summed E-state index contributed by atoms with van der Waals surface area (Å²) in [5.74, 6) is -0.852. The van der Waals surface area contributed by atoms with Gasteiger partial charge in [0.25, 0.3) is 11.8 Å². The third-order valence-electron chi connectivity index (χ3n) is 2.98. The first-order chi connectivity index (χ1) is 8.65. The molecule has 0 bridgehead atoms. The highest BCUT2D eigenvalue weighted by atomic mass is 32.1. The number of nitrogens with zero attached hydrogens (tertiary/aromatic N) is 1. The predicted molar refractivity (Wildman–Crippen MR) is 65.6 cm³/mol. The minimum absolute atomic E-state index is 0.289. The molecule has 1 aromatic rings. The molecule has 0 saturated carbocycles. The molecular formula is C11H13N3O3S. The van der Waals surface area contributed by atoms with E-state index in [1.807, 2.05) is 0 Å². The smallest absolute Gasteiger partial charge is 0.266 e. The van der Waals surface area contributed by atoms with Gasteiger partial charge in [0.05, 0.1) is 5.56 Å². The molecular weight excluding hydrogens is 254 g/mol. The first kappa shape index (κ1) is 12.7. The summed E-state index contributed by atoms with van der Waals surface area (Å²) in [4.78, 5) is 27.9. The number of amides is 2. The van der Waals surface area contributed by atoms with Crippen molar-refractivity contribution in [3.63, 3.8) is 0 Å². The highest BCUT2D eigenvalue weighted by Crippen LogP contribution is 2.20. The predicted octanol–water partition coefficient (Wildman–Crippen LogP) is 0.854. The van der Waals surface area contributed by atoms with Crippen LogP contribution in [-0.2, 0) is 4.79 Å². The standard InChI is InChI=1S/C11H13N3O3S/c15-9(13-17)8-4-2-6-14(8)11(16)7-3-1-5-12-10(7)18/h1,3,5,8,17H,2,4,6H2,(H,12,18)(H,13,15)/t8-/m0/s1. The van der Waals surface area contributed by atoms with E-state index in [1.54, 1.807) is 23.8 Å². The Labute approximate surface area is 109 Å². The minimum Gasteiger partial charge on any atom is -0.352 e. The van der Waals surface area contributed by atoms with Crippen LogP contribution in [0.25, 0.3) is 0 Å². The third-order valence-corrected chi connectivity index (χ3v) is 3.31. The van der Waals surface area contributed by atoms with Crippen molar-refractivity contribution in [2.24, 2.45) is 0 Å². The lowest BCUT2D eigenvalue weighted by atomic mass is 10.2. The topological polar surface area (TPSA) is 85.4 Å². The van der Waals surface area contributed by atoms with E-state index in [2.05, 4.69) is 4.98 Å². The molecule has 0 spiro atoms. The molecule has 1 atom stereocenters. The third kappa shape index (κ3) is 2.27. The number of hydrogen-bond acceptors (Lipinski definition) is 4. The average Bonchev–Trinajstić information content (AvgIpc) is 2.86. The molecule has 7 heteroatoms. The Morgan fingerprint density at radius 1 is 1.56 bits per heavy atom. The van der Waals surface area contributed by atoms with E-state index in [9.17, 15) is 9.59 Å². The number of hydrogen-bond donors (Lipinski definition) is 3. The summed E-state index contributed by atoms with van der Waals surface area (Å²) in [6.07, 6.45) is 2.91. The second-order valence-electron chi connectivity index (χ2n) is 4.05. The number of H-pyrrole nitrogens is 1. The van der Waals surface area contributed by atoms with Gasteiger partial charge in [-0.15, -0.1) is 0 Å². The van der Waals surface area contributed by atoms with Crippen molar-refractivity contribution in [3.05, 3.63) is 28.5 Å². The Balaban J connectivity index is 2.26. The van der Waals surface area contributed by atoms with Gasteiger partial charge in [-0.1, -0.05) is 12.2 Å². The molecule has 1 fully saturated rings. The van der Waals surface area contributed by atoms with Gasteiger partial charge in [0, 0.05) is 12.7 Å². The average molecular weight is 267 g/mol. The summed E-state index contributed by atoms with van der Waals surface area (Å²) in [6.45, 7) is 0.487. The number of nitrogens with one attached hydrogen (secondary N) is 2. The number of pyridine rings is 1. The van der Waals surface area contributed by atoms with E-state index in [4.69, 9.17) is 17.4 Å². The fourth-order valence-corrected chi connectivity index (χ4v) is 2.32. The normalized spacial score (nSPS) is 18.7. The van der Waals surface area contributed by atoms with Crippen molar-refractivity contribution in [1.29, 1.82) is 0 Å². The fraction of sp³-hybridized carbons (Fsp3) is 0.364. The van der Waals surface area contributed by atoms with Gasteiger partial charge in [-0.05, 0) is 25.0 Å². The van der Waals surface area contributed by atoms with Crippen LogP contribution >= 0.6 is 12.2 Å². The fourth-order valence-electron chi connectivity index (χ4n) is 2.10. The van der Waals surface area contributed by atoms with Crippen molar-refractivity contribution < 1.29 is 14.8 Å². The highest BCUT2D eigenvalue weighted by Gasteiger charge is 2.34. The first-order valence-corrected chi connectivity index (χ1v) is 5.98. The Kier molecular flexibility index (Phi) is 3.73. The van der Waals surface area contributed by atoms with Gasteiger partial charge < -0.3 is 9.88 Å². The monoisotopic (exact) mass is 267 g/mol. The summed E-state index contributed by atoms with van der Waals surface area (Å²) in [5, 5.41) is 8.66. The van der Waals surface area contributed by atoms with Crippen LogP contribution in [0.2, 0.25) is 0 Å². The van der Waals surface area contributed by atoms with E-state index in [0.29, 0.717) is 23.2 Å². The zero-order chi connectivity index (χ0) is 13.1. The molecule has 0 radical (unpaired) electrons. The summed E-state index contributed by atoms with van der Waals surface area (Å²) in [7, 11) is 0. The molecule has 1 saturated heterocycles. The number of rotatable bonds is 2. The maximum absolute atomic E-state index is 12.3. The number of aromatic nitrogens is 1. The van der Waals surface area contributed by atoms with Gasteiger partial charge in [0.2, 0.25) is 0 Å². The number of aromatic amines is 1. The van der Waals surface area contributed by atoms with Gasteiger partial charge in [0.1, 0.15) is 10.7 Å². The molecule has 2 heterocycles. The van der Waals surface area contributed by atoms with E-state index in [-0.39, 0.29) is 5.91 Å². The van der Waals surface area contributed by atoms with E-state index >= 15 is 0 Å². The molecule has 96 valence electrons. The lowest BCUT2D eigenvalue weighted by molar-refractivity contribution is -0.133. The molecule has 1 aliphatic heterocycles. The Morgan fingerprint density at radius 2 is 2.33 bits per heavy atom. The van der Waals surface area contributed by atoms with Crippen molar-refractivity contribution in [2.45, 2.75) is 18.9 Å². The van der Waals surface area contributed by atoms with Crippen LogP contribution in [0.3, 0.4) is 0 Å². The lowest BCUT2D eigenvalue weighted by Crippen LogP contribution is -2.45. The Bertz CT molecular complexity index is 528. The molecule has 2 rings (SSSR count). The number of hydroxylamine groups is 1. The second kappa shape index (κ2) is 5.28. The summed E-state index contributed by atoms with van der Waals surface area (Å²) < 4.78 is 0.345. The summed E-state index contributed by atoms with van der Waals surface area (Å²) in [6, 6.07) is 2.67. The number of likely N-dealkylation sites (tertiary alicyclic amines) is 1. The zero-order valence-corrected chi connectivity index (χ0v) is 10.4. The summed E-state index contributed by atoms with van der Waals surface area (Å²) >= 11 is 5.04. The van der Waals surface area contributed by atoms with Crippen LogP contribution in [0.4, 0.5) is 0 Å². The summed E-state index contributed by atoms with van der Waals surface area (Å²) in [5.41, 5.74) is 1.96. The van der Waals surface area contributed by atoms with Gasteiger partial charge in [-0.25, -0.2) is 5.48 Å². The Hall–Kier alpha value is -1.73. The molecule has 3 N–H and O–H groups in total. The first-order valence-electron chi connectivity index (χ1n) is 5.57. The van der Waals surface area contributed by atoms with E-state index < -0.39 is 11.9 Å². The van der Waals surface area contributed by atoms with Crippen molar-refractivity contribution in [3.8, 4) is 0 Å². The van der Waals surface area contributed by atoms with Crippen LogP contribution in [0, 0.1) is 4.64 Å². The quantitative estimate of drug-likeness (QED) is 0.421. The maximum atomic E-state index is 12.3. The molecule has 18 heavy (non-hydrogen) atoms. The van der Waals surface area contributed by atoms with Crippen molar-refractivity contribution in [2.75, 3.05) is 6.54 Å². The maximum Gasteiger partial charge on any atom is 0.266 e. The largest absolute Gasteiger partial charge is 0.352 e. The molecule has 2 amide bonds.